The van der Waals surface area contributed by atoms with Gasteiger partial charge in [0.05, 0.1) is 24.9 Å². The molecular formula is C27H42O4. The van der Waals surface area contributed by atoms with Gasteiger partial charge in [-0.1, -0.05) is 64.3 Å². The molecule has 1 saturated carbocycles. The summed E-state index contributed by atoms with van der Waals surface area (Å²) in [5, 5.41) is 19.2. The predicted octanol–water partition coefficient (Wildman–Crippen LogP) is 5.49. The minimum absolute atomic E-state index is 0.0349. The third kappa shape index (κ3) is 8.42. The second-order valence-electron chi connectivity index (χ2n) is 9.14. The molecule has 0 radical (unpaired) electrons. The summed E-state index contributed by atoms with van der Waals surface area (Å²) in [7, 11) is 0. The van der Waals surface area contributed by atoms with Crippen LogP contribution in [0.15, 0.2) is 30.4 Å². The molecule has 0 aliphatic heterocycles. The smallest absolute Gasteiger partial charge is 0.335 e. The van der Waals surface area contributed by atoms with Gasteiger partial charge in [0.15, 0.2) is 0 Å². The Morgan fingerprint density at radius 2 is 1.94 bits per heavy atom. The largest absolute Gasteiger partial charge is 0.462 e. The highest BCUT2D eigenvalue weighted by Gasteiger charge is 2.23. The van der Waals surface area contributed by atoms with E-state index in [1.807, 2.05) is 0 Å². The quantitative estimate of drug-likeness (QED) is 0.247. The number of benzene rings is 1. The zero-order chi connectivity index (χ0) is 22.6. The number of ether oxygens (including phenoxy) is 1. The minimum atomic E-state index is -0.604. The zero-order valence-corrected chi connectivity index (χ0v) is 19.6. The lowest BCUT2D eigenvalue weighted by atomic mass is 9.75. The highest BCUT2D eigenvalue weighted by Crippen LogP contribution is 2.39. The average Bonchev–Trinajstić information content (AvgIpc) is 2.79. The molecule has 0 bridgehead atoms. The lowest BCUT2D eigenvalue weighted by Gasteiger charge is -2.30. The Hall–Kier alpha value is -1.65. The number of aryl methyl sites for hydroxylation is 1. The van der Waals surface area contributed by atoms with Crippen LogP contribution in [0.5, 0.6) is 0 Å². The van der Waals surface area contributed by atoms with Crippen molar-refractivity contribution in [3.05, 3.63) is 47.0 Å². The van der Waals surface area contributed by atoms with Crippen LogP contribution in [-0.4, -0.2) is 35.5 Å². The van der Waals surface area contributed by atoms with Gasteiger partial charge < -0.3 is 14.9 Å². The van der Waals surface area contributed by atoms with E-state index < -0.39 is 18.7 Å². The molecule has 0 heterocycles. The average molecular weight is 431 g/mol. The Bertz CT molecular complexity index is 688. The summed E-state index contributed by atoms with van der Waals surface area (Å²) in [6.45, 7) is 7.64. The molecule has 1 atom stereocenters. The summed E-state index contributed by atoms with van der Waals surface area (Å²) in [5.41, 5.74) is 4.08. The van der Waals surface area contributed by atoms with Crippen LogP contribution in [0.4, 0.5) is 0 Å². The van der Waals surface area contributed by atoms with Crippen molar-refractivity contribution in [3.8, 4) is 0 Å². The van der Waals surface area contributed by atoms with Gasteiger partial charge in [-0.15, -0.1) is 0 Å². The monoisotopic (exact) mass is 430 g/mol. The van der Waals surface area contributed by atoms with Crippen LogP contribution in [0.1, 0.15) is 94.2 Å². The Kier molecular flexibility index (Phi) is 11.3. The number of rotatable bonds is 13. The number of hydrogen-bond acceptors (Lipinski definition) is 4. The lowest BCUT2D eigenvalue weighted by molar-refractivity contribution is -0.140. The summed E-state index contributed by atoms with van der Waals surface area (Å²) in [5.74, 6) is 0.994. The van der Waals surface area contributed by atoms with Crippen LogP contribution in [0.3, 0.4) is 0 Å². The van der Waals surface area contributed by atoms with Crippen LogP contribution in [0.2, 0.25) is 0 Å². The Balaban J connectivity index is 1.84. The van der Waals surface area contributed by atoms with E-state index in [2.05, 4.69) is 38.6 Å². The number of aliphatic hydroxyl groups is 2. The van der Waals surface area contributed by atoms with Gasteiger partial charge in [-0.2, -0.15) is 0 Å². The maximum absolute atomic E-state index is 11.5. The maximum Gasteiger partial charge on any atom is 0.335 e. The molecule has 174 valence electrons. The van der Waals surface area contributed by atoms with Crippen LogP contribution in [0.25, 0.3) is 0 Å². The van der Waals surface area contributed by atoms with E-state index in [9.17, 15) is 9.90 Å². The van der Waals surface area contributed by atoms with Crippen molar-refractivity contribution in [1.82, 2.24) is 0 Å². The van der Waals surface area contributed by atoms with Gasteiger partial charge in [0.25, 0.3) is 0 Å². The molecule has 1 aromatic rings. The number of carbonyl (C=O) groups excluding carboxylic acids is 1. The highest BCUT2D eigenvalue weighted by molar-refractivity contribution is 5.87. The molecule has 4 heteroatoms. The van der Waals surface area contributed by atoms with E-state index in [4.69, 9.17) is 9.84 Å². The Labute approximate surface area is 188 Å². The predicted molar refractivity (Wildman–Crippen MR) is 126 cm³/mol. The van der Waals surface area contributed by atoms with E-state index in [0.29, 0.717) is 18.8 Å². The van der Waals surface area contributed by atoms with Gasteiger partial charge >= 0.3 is 5.97 Å². The van der Waals surface area contributed by atoms with E-state index in [-0.39, 0.29) is 12.2 Å². The number of hydrogen-bond donors (Lipinski definition) is 2. The first-order valence-electron chi connectivity index (χ1n) is 12.2. The van der Waals surface area contributed by atoms with E-state index in [0.717, 1.165) is 17.9 Å². The summed E-state index contributed by atoms with van der Waals surface area (Å²) in [6.07, 6.45) is 12.2. The molecule has 0 saturated heterocycles. The van der Waals surface area contributed by atoms with Crippen LogP contribution in [-0.2, 0) is 22.4 Å². The molecular weight excluding hydrogens is 388 g/mol. The molecule has 1 aliphatic carbocycles. The Morgan fingerprint density at radius 1 is 1.19 bits per heavy atom. The summed E-state index contributed by atoms with van der Waals surface area (Å²) in [4.78, 5) is 11.5. The van der Waals surface area contributed by atoms with Gasteiger partial charge in [-0.05, 0) is 67.1 Å². The summed E-state index contributed by atoms with van der Waals surface area (Å²) < 4.78 is 5.03. The molecule has 1 aliphatic rings. The molecule has 0 spiro atoms. The standard InChI is InChI=1S/C27H42O4/c1-4-6-7-8-21-9-12-24(13-10-21)26-14-11-22(17-23(26)5-2)18-25(29)15-16-31-27(30)20(3)19-28/h11,14,17,21,24-25,28-29H,3-10,12-13,15-16,18-19H2,1-2H3. The third-order valence-corrected chi connectivity index (χ3v) is 6.73. The van der Waals surface area contributed by atoms with Crippen LogP contribution in [0, 0.1) is 5.92 Å². The first-order valence-corrected chi connectivity index (χ1v) is 12.2. The van der Waals surface area contributed by atoms with Gasteiger partial charge in [0.1, 0.15) is 0 Å². The van der Waals surface area contributed by atoms with Crippen molar-refractivity contribution in [3.63, 3.8) is 0 Å². The number of unbranched alkanes of at least 4 members (excludes halogenated alkanes) is 2. The molecule has 31 heavy (non-hydrogen) atoms. The minimum Gasteiger partial charge on any atom is -0.462 e. The van der Waals surface area contributed by atoms with Crippen molar-refractivity contribution in [2.45, 2.75) is 96.5 Å². The van der Waals surface area contributed by atoms with Crippen molar-refractivity contribution >= 4 is 5.97 Å². The third-order valence-electron chi connectivity index (χ3n) is 6.73. The number of aliphatic hydroxyl groups excluding tert-OH is 2. The number of esters is 1. The van der Waals surface area contributed by atoms with Crippen molar-refractivity contribution in [1.29, 1.82) is 0 Å². The van der Waals surface area contributed by atoms with Crippen molar-refractivity contribution < 1.29 is 19.7 Å². The molecule has 0 amide bonds. The highest BCUT2D eigenvalue weighted by atomic mass is 16.5. The second-order valence-corrected chi connectivity index (χ2v) is 9.14. The Morgan fingerprint density at radius 3 is 2.58 bits per heavy atom. The molecule has 4 nitrogen and oxygen atoms in total. The van der Waals surface area contributed by atoms with Crippen molar-refractivity contribution in [2.75, 3.05) is 13.2 Å². The fourth-order valence-corrected chi connectivity index (χ4v) is 4.76. The van der Waals surface area contributed by atoms with Gasteiger partial charge in [-0.25, -0.2) is 4.79 Å². The SMILES string of the molecule is C=C(CO)C(=O)OCCC(O)Cc1ccc(C2CCC(CCCCC)CC2)c(CC)c1. The molecule has 1 fully saturated rings. The van der Waals surface area contributed by atoms with Crippen LogP contribution >= 0.6 is 0 Å². The maximum atomic E-state index is 11.5. The molecule has 0 aromatic heterocycles. The number of carbonyl (C=O) groups is 1. The fraction of sp³-hybridized carbons (Fsp3) is 0.667. The van der Waals surface area contributed by atoms with Crippen LogP contribution < -0.4 is 0 Å². The zero-order valence-electron chi connectivity index (χ0n) is 19.6. The fourth-order valence-electron chi connectivity index (χ4n) is 4.76. The van der Waals surface area contributed by atoms with E-state index in [1.165, 1.54) is 62.5 Å². The van der Waals surface area contributed by atoms with Gasteiger partial charge in [0.2, 0.25) is 0 Å². The van der Waals surface area contributed by atoms with E-state index in [1.54, 1.807) is 0 Å². The first kappa shape index (κ1) is 25.6. The summed E-state index contributed by atoms with van der Waals surface area (Å²) >= 11 is 0. The van der Waals surface area contributed by atoms with E-state index >= 15 is 0 Å². The lowest BCUT2D eigenvalue weighted by Crippen LogP contribution is -2.18. The summed E-state index contributed by atoms with van der Waals surface area (Å²) in [6, 6.07) is 6.70. The van der Waals surface area contributed by atoms with Gasteiger partial charge in [0, 0.05) is 6.42 Å². The molecule has 2 N–H and O–H groups in total. The van der Waals surface area contributed by atoms with Crippen molar-refractivity contribution in [2.24, 2.45) is 5.92 Å². The second kappa shape index (κ2) is 13.7. The molecule has 2 rings (SSSR count). The normalized spacial score (nSPS) is 19.7. The van der Waals surface area contributed by atoms with Gasteiger partial charge in [-0.3, -0.25) is 0 Å². The molecule has 1 unspecified atom stereocenters. The first-order chi connectivity index (χ1) is 15.0. The molecule has 1 aromatic carbocycles. The topological polar surface area (TPSA) is 66.8 Å².